The first kappa shape index (κ1) is 6.11. The van der Waals surface area contributed by atoms with E-state index in [2.05, 4.69) is 5.32 Å². The van der Waals surface area contributed by atoms with Crippen molar-refractivity contribution in [3.8, 4) is 0 Å². The van der Waals surface area contributed by atoms with E-state index >= 15 is 0 Å². The molecule has 1 nitrogen and oxygen atoms in total. The molecule has 0 unspecified atom stereocenters. The van der Waals surface area contributed by atoms with E-state index in [1.54, 1.807) is 11.8 Å². The first-order chi connectivity index (χ1) is 3.89. The van der Waals surface area contributed by atoms with E-state index in [1.807, 2.05) is 11.5 Å². The fraction of sp³-hybridized carbons (Fsp3) is 0.400. The summed E-state index contributed by atoms with van der Waals surface area (Å²) in [6.07, 6.45) is 1.92. The lowest BCUT2D eigenvalue weighted by Gasteiger charge is -1.95. The van der Waals surface area contributed by atoms with Crippen LogP contribution < -0.4 is 5.32 Å². The molecule has 0 fully saturated rings. The summed E-state index contributed by atoms with van der Waals surface area (Å²) in [6.45, 7) is 0.997. The van der Waals surface area contributed by atoms with Crippen molar-refractivity contribution in [2.24, 2.45) is 0 Å². The molecule has 1 rings (SSSR count). The van der Waals surface area contributed by atoms with Gasteiger partial charge in [0, 0.05) is 12.3 Å². The zero-order valence-corrected chi connectivity index (χ0v) is 6.02. The van der Waals surface area contributed by atoms with Crippen LogP contribution in [0.25, 0.3) is 0 Å². The molecule has 1 aliphatic heterocycles. The Kier molecular flexibility index (Phi) is 2.36. The summed E-state index contributed by atoms with van der Waals surface area (Å²) in [4.78, 5) is 0.856. The minimum atomic E-state index is 0.856. The van der Waals surface area contributed by atoms with Crippen LogP contribution in [0.4, 0.5) is 0 Å². The number of thiocarbonyl (C=S) groups is 1. The summed E-state index contributed by atoms with van der Waals surface area (Å²) >= 11 is 6.67. The van der Waals surface area contributed by atoms with E-state index < -0.39 is 0 Å². The van der Waals surface area contributed by atoms with Gasteiger partial charge in [0.25, 0.3) is 0 Å². The normalized spacial score (nSPS) is 19.8. The average Bonchev–Trinajstić information content (AvgIpc) is 1.94. The van der Waals surface area contributed by atoms with Crippen LogP contribution in [0, 0.1) is 0 Å². The van der Waals surface area contributed by atoms with Crippen LogP contribution in [0.2, 0.25) is 0 Å². The molecule has 1 aliphatic rings. The van der Waals surface area contributed by atoms with Crippen molar-refractivity contribution in [2.45, 2.75) is 0 Å². The standard InChI is InChI=1S/C5H7NS2/c7-5-1-3-8-4-2-6-5/h1,3H,2,4H2,(H,6,7). The van der Waals surface area contributed by atoms with Crippen molar-refractivity contribution in [3.05, 3.63) is 11.5 Å². The Hall–Kier alpha value is -0.0200. The molecular weight excluding hydrogens is 138 g/mol. The van der Waals surface area contributed by atoms with Crippen LogP contribution in [0.3, 0.4) is 0 Å². The molecule has 1 N–H and O–H groups in total. The van der Waals surface area contributed by atoms with Gasteiger partial charge >= 0.3 is 0 Å². The Morgan fingerprint density at radius 3 is 3.50 bits per heavy atom. The molecule has 0 aromatic rings. The van der Waals surface area contributed by atoms with Crippen molar-refractivity contribution in [1.29, 1.82) is 0 Å². The van der Waals surface area contributed by atoms with Crippen LogP contribution in [0.5, 0.6) is 0 Å². The van der Waals surface area contributed by atoms with E-state index in [9.17, 15) is 0 Å². The van der Waals surface area contributed by atoms with Crippen LogP contribution in [0.15, 0.2) is 11.5 Å². The van der Waals surface area contributed by atoms with Gasteiger partial charge in [-0.15, -0.1) is 11.8 Å². The topological polar surface area (TPSA) is 12.0 Å². The van der Waals surface area contributed by atoms with E-state index in [-0.39, 0.29) is 0 Å². The van der Waals surface area contributed by atoms with Crippen LogP contribution in [0.1, 0.15) is 0 Å². The van der Waals surface area contributed by atoms with Gasteiger partial charge in [-0.25, -0.2) is 0 Å². The maximum absolute atomic E-state index is 4.88. The van der Waals surface area contributed by atoms with Gasteiger partial charge in [-0.3, -0.25) is 0 Å². The number of thioether (sulfide) groups is 1. The first-order valence-corrected chi connectivity index (χ1v) is 3.91. The van der Waals surface area contributed by atoms with Crippen LogP contribution in [-0.4, -0.2) is 17.3 Å². The minimum absolute atomic E-state index is 0.856. The lowest BCUT2D eigenvalue weighted by Crippen LogP contribution is -2.19. The van der Waals surface area contributed by atoms with Gasteiger partial charge in [-0.05, 0) is 11.5 Å². The highest BCUT2D eigenvalue weighted by Gasteiger charge is 1.92. The van der Waals surface area contributed by atoms with Crippen LogP contribution >= 0.6 is 24.0 Å². The van der Waals surface area contributed by atoms with Crippen molar-refractivity contribution < 1.29 is 0 Å². The maximum atomic E-state index is 4.88. The van der Waals surface area contributed by atoms with Gasteiger partial charge in [-0.1, -0.05) is 12.2 Å². The molecule has 0 spiro atoms. The number of hydrogen-bond acceptors (Lipinski definition) is 2. The number of nitrogens with one attached hydrogen (secondary N) is 1. The van der Waals surface area contributed by atoms with E-state index in [1.165, 1.54) is 0 Å². The summed E-state index contributed by atoms with van der Waals surface area (Å²) in [7, 11) is 0. The van der Waals surface area contributed by atoms with Gasteiger partial charge in [0.05, 0.1) is 4.99 Å². The third-order valence-corrected chi connectivity index (χ3v) is 1.88. The maximum Gasteiger partial charge on any atom is 0.0993 e. The largest absolute Gasteiger partial charge is 0.375 e. The molecule has 0 saturated carbocycles. The lowest BCUT2D eigenvalue weighted by atomic mass is 10.6. The quantitative estimate of drug-likeness (QED) is 0.514. The Morgan fingerprint density at radius 2 is 2.62 bits per heavy atom. The van der Waals surface area contributed by atoms with Crippen LogP contribution in [-0.2, 0) is 0 Å². The monoisotopic (exact) mass is 145 g/mol. The zero-order valence-electron chi connectivity index (χ0n) is 4.39. The fourth-order valence-electron chi connectivity index (χ4n) is 0.470. The third kappa shape index (κ3) is 1.84. The fourth-order valence-corrected chi connectivity index (χ4v) is 1.31. The van der Waals surface area contributed by atoms with Gasteiger partial charge in [0.1, 0.15) is 0 Å². The molecule has 0 amide bonds. The van der Waals surface area contributed by atoms with Gasteiger partial charge in [-0.2, -0.15) is 0 Å². The Morgan fingerprint density at radius 1 is 1.75 bits per heavy atom. The number of hydrogen-bond donors (Lipinski definition) is 1. The second-order valence-corrected chi connectivity index (χ2v) is 2.92. The zero-order chi connectivity index (χ0) is 5.82. The highest BCUT2D eigenvalue weighted by Crippen LogP contribution is 2.02. The van der Waals surface area contributed by atoms with Gasteiger partial charge in [0.2, 0.25) is 0 Å². The second kappa shape index (κ2) is 3.10. The summed E-state index contributed by atoms with van der Waals surface area (Å²) in [5.41, 5.74) is 0. The molecule has 0 bridgehead atoms. The molecular formula is C5H7NS2. The van der Waals surface area contributed by atoms with E-state index in [0.717, 1.165) is 17.3 Å². The molecule has 3 heteroatoms. The molecule has 0 aromatic heterocycles. The second-order valence-electron chi connectivity index (χ2n) is 1.46. The Bertz CT molecular complexity index is 120. The molecule has 0 radical (unpaired) electrons. The van der Waals surface area contributed by atoms with Gasteiger partial charge < -0.3 is 5.32 Å². The van der Waals surface area contributed by atoms with Crippen molar-refractivity contribution in [3.63, 3.8) is 0 Å². The molecule has 0 atom stereocenters. The van der Waals surface area contributed by atoms with Crippen molar-refractivity contribution in [2.75, 3.05) is 12.3 Å². The SMILES string of the molecule is S=C1C=CSCCN1. The molecule has 0 saturated heterocycles. The highest BCUT2D eigenvalue weighted by molar-refractivity contribution is 8.02. The predicted molar refractivity (Wildman–Crippen MR) is 42.2 cm³/mol. The Balaban J connectivity index is 2.44. The first-order valence-electron chi connectivity index (χ1n) is 2.45. The van der Waals surface area contributed by atoms with Gasteiger partial charge in [0.15, 0.2) is 0 Å². The van der Waals surface area contributed by atoms with Crippen molar-refractivity contribution >= 4 is 29.0 Å². The summed E-state index contributed by atoms with van der Waals surface area (Å²) in [6, 6.07) is 0. The molecule has 1 heterocycles. The summed E-state index contributed by atoms with van der Waals surface area (Å²) in [5.74, 6) is 1.12. The minimum Gasteiger partial charge on any atom is -0.375 e. The molecule has 0 aromatic carbocycles. The highest BCUT2D eigenvalue weighted by atomic mass is 32.2. The predicted octanol–water partition coefficient (Wildman–Crippen LogP) is 1.16. The lowest BCUT2D eigenvalue weighted by molar-refractivity contribution is 1.00. The van der Waals surface area contributed by atoms with Crippen molar-refractivity contribution in [1.82, 2.24) is 5.32 Å². The molecule has 0 aliphatic carbocycles. The number of rotatable bonds is 0. The van der Waals surface area contributed by atoms with E-state index in [0.29, 0.717) is 0 Å². The Labute approximate surface area is 58.5 Å². The third-order valence-electron chi connectivity index (χ3n) is 0.835. The molecule has 8 heavy (non-hydrogen) atoms. The smallest absolute Gasteiger partial charge is 0.0993 e. The average molecular weight is 145 g/mol. The summed E-state index contributed by atoms with van der Waals surface area (Å²) < 4.78 is 0. The van der Waals surface area contributed by atoms with E-state index in [4.69, 9.17) is 12.2 Å². The summed E-state index contributed by atoms with van der Waals surface area (Å²) in [5, 5.41) is 5.10. The molecule has 44 valence electrons.